The molecule has 1 aromatic rings. The van der Waals surface area contributed by atoms with Crippen molar-refractivity contribution >= 4 is 0 Å². The first kappa shape index (κ1) is 13.2. The van der Waals surface area contributed by atoms with Crippen LogP contribution in [0.4, 0.5) is 0 Å². The van der Waals surface area contributed by atoms with Crippen LogP contribution < -0.4 is 5.73 Å². The molecule has 2 aliphatic rings. The van der Waals surface area contributed by atoms with Gasteiger partial charge in [0.2, 0.25) is 0 Å². The molecule has 0 radical (unpaired) electrons. The number of nitrogens with two attached hydrogens (primary N) is 1. The normalized spacial score (nSPS) is 23.8. The van der Waals surface area contributed by atoms with Gasteiger partial charge in [0, 0.05) is 18.7 Å². The maximum atomic E-state index is 6.35. The van der Waals surface area contributed by atoms with Crippen molar-refractivity contribution in [1.82, 2.24) is 9.78 Å². The molecule has 1 heterocycles. The Morgan fingerprint density at radius 1 is 1.11 bits per heavy atom. The van der Waals surface area contributed by atoms with Crippen molar-refractivity contribution in [1.29, 1.82) is 0 Å². The van der Waals surface area contributed by atoms with E-state index in [2.05, 4.69) is 16.9 Å². The highest BCUT2D eigenvalue weighted by atomic mass is 15.3. The quantitative estimate of drug-likeness (QED) is 0.902. The molecular formula is C16H27N3. The van der Waals surface area contributed by atoms with E-state index in [4.69, 9.17) is 10.8 Å². The van der Waals surface area contributed by atoms with E-state index in [1.54, 1.807) is 0 Å². The zero-order valence-electron chi connectivity index (χ0n) is 11.9. The molecule has 2 fully saturated rings. The van der Waals surface area contributed by atoms with Crippen LogP contribution in [-0.2, 0) is 6.42 Å². The Labute approximate surface area is 116 Å². The highest BCUT2D eigenvalue weighted by Gasteiger charge is 2.23. The molecule has 0 spiro atoms. The van der Waals surface area contributed by atoms with Crippen LogP contribution in [0.2, 0.25) is 0 Å². The SMILES string of the molecule is NC(Cc1ccn(C2CCCCC2)n1)C1CCCC1. The van der Waals surface area contributed by atoms with E-state index in [-0.39, 0.29) is 0 Å². The van der Waals surface area contributed by atoms with Crippen LogP contribution in [0.25, 0.3) is 0 Å². The molecule has 0 saturated heterocycles. The lowest BCUT2D eigenvalue weighted by Crippen LogP contribution is -2.30. The van der Waals surface area contributed by atoms with Crippen LogP contribution in [-0.4, -0.2) is 15.8 Å². The Kier molecular flexibility index (Phi) is 4.21. The molecule has 1 unspecified atom stereocenters. The van der Waals surface area contributed by atoms with Crippen molar-refractivity contribution in [3.63, 3.8) is 0 Å². The molecule has 2 saturated carbocycles. The Morgan fingerprint density at radius 3 is 2.53 bits per heavy atom. The molecule has 1 atom stereocenters. The molecule has 2 aliphatic carbocycles. The fourth-order valence-electron chi connectivity index (χ4n) is 3.83. The average Bonchev–Trinajstić information content (AvgIpc) is 3.11. The van der Waals surface area contributed by atoms with Crippen LogP contribution in [0.5, 0.6) is 0 Å². The van der Waals surface area contributed by atoms with Crippen LogP contribution in [0.1, 0.15) is 69.5 Å². The maximum absolute atomic E-state index is 6.35. The number of hydrogen-bond donors (Lipinski definition) is 1. The van der Waals surface area contributed by atoms with Gasteiger partial charge in [-0.05, 0) is 37.7 Å². The fraction of sp³-hybridized carbons (Fsp3) is 0.812. The molecule has 106 valence electrons. The average molecular weight is 261 g/mol. The van der Waals surface area contributed by atoms with Gasteiger partial charge >= 0.3 is 0 Å². The van der Waals surface area contributed by atoms with E-state index in [0.29, 0.717) is 12.1 Å². The predicted octanol–water partition coefficient (Wildman–Crippen LogP) is 3.45. The first-order chi connectivity index (χ1) is 9.33. The summed E-state index contributed by atoms with van der Waals surface area (Å²) < 4.78 is 2.20. The number of nitrogens with zero attached hydrogens (tertiary/aromatic N) is 2. The van der Waals surface area contributed by atoms with Gasteiger partial charge in [-0.15, -0.1) is 0 Å². The van der Waals surface area contributed by atoms with E-state index in [1.165, 1.54) is 63.5 Å². The summed E-state index contributed by atoms with van der Waals surface area (Å²) >= 11 is 0. The molecular weight excluding hydrogens is 234 g/mol. The third kappa shape index (κ3) is 3.19. The van der Waals surface area contributed by atoms with Crippen LogP contribution in [0, 0.1) is 5.92 Å². The molecule has 2 N–H and O–H groups in total. The fourth-order valence-corrected chi connectivity index (χ4v) is 3.83. The van der Waals surface area contributed by atoms with Crippen LogP contribution >= 0.6 is 0 Å². The summed E-state index contributed by atoms with van der Waals surface area (Å²) in [6, 6.07) is 3.14. The first-order valence-corrected chi connectivity index (χ1v) is 8.12. The highest BCUT2D eigenvalue weighted by molar-refractivity contribution is 5.03. The third-order valence-electron chi connectivity index (χ3n) is 5.06. The van der Waals surface area contributed by atoms with Crippen molar-refractivity contribution in [2.45, 2.75) is 76.3 Å². The second-order valence-corrected chi connectivity index (χ2v) is 6.49. The van der Waals surface area contributed by atoms with Gasteiger partial charge in [0.1, 0.15) is 0 Å². The van der Waals surface area contributed by atoms with E-state index in [1.807, 2.05) is 0 Å². The Morgan fingerprint density at radius 2 is 1.79 bits per heavy atom. The van der Waals surface area contributed by atoms with Crippen molar-refractivity contribution in [2.24, 2.45) is 11.7 Å². The van der Waals surface area contributed by atoms with Crippen LogP contribution in [0.15, 0.2) is 12.3 Å². The molecule has 3 nitrogen and oxygen atoms in total. The minimum absolute atomic E-state index is 0.317. The standard InChI is InChI=1S/C16H27N3/c17-16(13-6-4-5-7-13)12-14-10-11-19(18-14)15-8-2-1-3-9-15/h10-11,13,15-16H,1-9,12,17H2. The van der Waals surface area contributed by atoms with E-state index >= 15 is 0 Å². The highest BCUT2D eigenvalue weighted by Crippen LogP contribution is 2.29. The lowest BCUT2D eigenvalue weighted by molar-refractivity contribution is 0.327. The maximum Gasteiger partial charge on any atom is 0.0640 e. The summed E-state index contributed by atoms with van der Waals surface area (Å²) in [6.45, 7) is 0. The Hall–Kier alpha value is -0.830. The van der Waals surface area contributed by atoms with Gasteiger partial charge in [0.15, 0.2) is 0 Å². The summed E-state index contributed by atoms with van der Waals surface area (Å²) in [5, 5.41) is 4.78. The van der Waals surface area contributed by atoms with E-state index in [9.17, 15) is 0 Å². The first-order valence-electron chi connectivity index (χ1n) is 8.12. The summed E-state index contributed by atoms with van der Waals surface area (Å²) in [6.07, 6.45) is 15.3. The van der Waals surface area contributed by atoms with Crippen molar-refractivity contribution in [2.75, 3.05) is 0 Å². The molecule has 19 heavy (non-hydrogen) atoms. The molecule has 0 aromatic carbocycles. The topological polar surface area (TPSA) is 43.8 Å². The Balaban J connectivity index is 1.57. The van der Waals surface area contributed by atoms with Gasteiger partial charge in [0.25, 0.3) is 0 Å². The summed E-state index contributed by atoms with van der Waals surface area (Å²) in [5.74, 6) is 0.736. The largest absolute Gasteiger partial charge is 0.327 e. The van der Waals surface area contributed by atoms with Gasteiger partial charge in [-0.25, -0.2) is 0 Å². The minimum Gasteiger partial charge on any atom is -0.327 e. The Bertz CT molecular complexity index is 386. The van der Waals surface area contributed by atoms with Gasteiger partial charge in [0.05, 0.1) is 11.7 Å². The molecule has 0 amide bonds. The van der Waals surface area contributed by atoms with Crippen LogP contribution in [0.3, 0.4) is 0 Å². The number of hydrogen-bond acceptors (Lipinski definition) is 2. The zero-order chi connectivity index (χ0) is 13.1. The van der Waals surface area contributed by atoms with Gasteiger partial charge < -0.3 is 5.73 Å². The molecule has 0 aliphatic heterocycles. The molecule has 3 rings (SSSR count). The zero-order valence-corrected chi connectivity index (χ0v) is 11.9. The number of aromatic nitrogens is 2. The summed E-state index contributed by atoms with van der Waals surface area (Å²) in [7, 11) is 0. The lowest BCUT2D eigenvalue weighted by atomic mass is 9.95. The van der Waals surface area contributed by atoms with Gasteiger partial charge in [-0.2, -0.15) is 5.10 Å². The molecule has 0 bridgehead atoms. The third-order valence-corrected chi connectivity index (χ3v) is 5.06. The van der Waals surface area contributed by atoms with Gasteiger partial charge in [-0.3, -0.25) is 4.68 Å². The number of rotatable bonds is 4. The van der Waals surface area contributed by atoms with E-state index in [0.717, 1.165) is 12.3 Å². The van der Waals surface area contributed by atoms with Crippen molar-refractivity contribution in [3.05, 3.63) is 18.0 Å². The predicted molar refractivity (Wildman–Crippen MR) is 78.0 cm³/mol. The second-order valence-electron chi connectivity index (χ2n) is 6.49. The van der Waals surface area contributed by atoms with Crippen molar-refractivity contribution < 1.29 is 0 Å². The summed E-state index contributed by atoms with van der Waals surface area (Å²) in [4.78, 5) is 0. The molecule has 3 heteroatoms. The minimum atomic E-state index is 0.317. The second kappa shape index (κ2) is 6.08. The van der Waals surface area contributed by atoms with E-state index < -0.39 is 0 Å². The summed E-state index contributed by atoms with van der Waals surface area (Å²) in [5.41, 5.74) is 7.55. The van der Waals surface area contributed by atoms with Gasteiger partial charge in [-0.1, -0.05) is 32.1 Å². The lowest BCUT2D eigenvalue weighted by Gasteiger charge is -2.22. The smallest absolute Gasteiger partial charge is 0.0640 e. The monoisotopic (exact) mass is 261 g/mol. The van der Waals surface area contributed by atoms with Crippen molar-refractivity contribution in [3.8, 4) is 0 Å². The molecule has 1 aromatic heterocycles.